The Kier molecular flexibility index (Phi) is 7.14. The molecule has 1 aromatic carbocycles. The molecule has 0 fully saturated rings. The summed E-state index contributed by atoms with van der Waals surface area (Å²) in [7, 11) is -3.61. The molecule has 0 aliphatic carbocycles. The quantitative estimate of drug-likeness (QED) is 0.593. The Morgan fingerprint density at radius 1 is 1.07 bits per heavy atom. The largest absolute Gasteiger partial charge is 0.412 e. The van der Waals surface area contributed by atoms with Gasteiger partial charge in [0.15, 0.2) is 0 Å². The zero-order valence-electron chi connectivity index (χ0n) is 6.97. The van der Waals surface area contributed by atoms with Gasteiger partial charge in [0.05, 0.1) is 0 Å². The fraction of sp³-hybridized carbons (Fsp3) is 0. The van der Waals surface area contributed by atoms with E-state index in [-0.39, 0.29) is 15.8 Å². The Bertz CT molecular complexity index is 387. The molecule has 0 spiro atoms. The average molecular weight is 330 g/mol. The molecule has 0 aliphatic heterocycles. The van der Waals surface area contributed by atoms with E-state index in [2.05, 4.69) is 0 Å². The number of sulfonamides is 1. The number of benzene rings is 1. The summed E-state index contributed by atoms with van der Waals surface area (Å²) in [4.78, 5) is 0.0515. The summed E-state index contributed by atoms with van der Waals surface area (Å²) >= 11 is -1.54. The van der Waals surface area contributed by atoms with Gasteiger partial charge in [-0.25, -0.2) is 0 Å². The van der Waals surface area contributed by atoms with E-state index in [0.29, 0.717) is 3.51 Å². The second-order valence-electron chi connectivity index (χ2n) is 2.13. The van der Waals surface area contributed by atoms with Crippen LogP contribution in [0.2, 0.25) is 0 Å². The first-order valence-electron chi connectivity index (χ1n) is 3.00. The van der Waals surface area contributed by atoms with Gasteiger partial charge in [-0.2, -0.15) is 0 Å². The first-order valence-corrected chi connectivity index (χ1v) is 6.87. The van der Waals surface area contributed by atoms with Crippen molar-refractivity contribution in [3.63, 3.8) is 0 Å². The van der Waals surface area contributed by atoms with Gasteiger partial charge in [-0.3, -0.25) is 0 Å². The number of primary sulfonamides is 1. The van der Waals surface area contributed by atoms with E-state index in [9.17, 15) is 11.4 Å². The fourth-order valence-electron chi connectivity index (χ4n) is 0.697. The van der Waals surface area contributed by atoms with Crippen molar-refractivity contribution in [2.24, 2.45) is 5.14 Å². The van der Waals surface area contributed by atoms with Crippen LogP contribution in [0, 0.1) is 0 Å². The molecule has 0 saturated heterocycles. The van der Waals surface area contributed by atoms with E-state index in [0.717, 1.165) is 0 Å². The molecule has 1 rings (SSSR count). The van der Waals surface area contributed by atoms with Crippen molar-refractivity contribution in [2.45, 2.75) is 4.90 Å². The minimum atomic E-state index is -3.61. The third kappa shape index (κ3) is 4.25. The Morgan fingerprint density at radius 2 is 1.50 bits per heavy atom. The van der Waals surface area contributed by atoms with Gasteiger partial charge >= 0.3 is 80.9 Å². The molecule has 8 heteroatoms. The van der Waals surface area contributed by atoms with E-state index in [1.54, 1.807) is 0 Å². The van der Waals surface area contributed by atoms with E-state index in [4.69, 9.17) is 5.14 Å². The third-order valence-electron chi connectivity index (χ3n) is 1.27. The van der Waals surface area contributed by atoms with Crippen molar-refractivity contribution in [3.8, 4) is 0 Å². The van der Waals surface area contributed by atoms with Crippen LogP contribution in [0.4, 0.5) is 0 Å². The summed E-state index contributed by atoms with van der Waals surface area (Å²) in [5.41, 5.74) is 0. The van der Waals surface area contributed by atoms with Gasteiger partial charge in [-0.05, 0) is 0 Å². The predicted octanol–water partition coefficient (Wildman–Crippen LogP) is -2.64. The molecule has 0 bridgehead atoms. The van der Waals surface area contributed by atoms with Crippen molar-refractivity contribution in [1.29, 1.82) is 0 Å². The Morgan fingerprint density at radius 3 is 1.79 bits per heavy atom. The minimum Gasteiger partial charge on any atom is -0.412 e. The predicted molar refractivity (Wildman–Crippen MR) is 51.1 cm³/mol. The molecule has 6 N–H and O–H groups in total. The summed E-state index contributed by atoms with van der Waals surface area (Å²) in [6.07, 6.45) is 0. The molecule has 80 valence electrons. The third-order valence-corrected chi connectivity index (χ3v) is 3.65. The normalized spacial score (nSPS) is 9.50. The maximum Gasteiger partial charge on any atom is -0.412 e. The van der Waals surface area contributed by atoms with Crippen LogP contribution < -0.4 is 8.65 Å². The monoisotopic (exact) mass is 329 g/mol. The van der Waals surface area contributed by atoms with Crippen LogP contribution >= 0.6 is 0 Å². The smallest absolute Gasteiger partial charge is 0.412 e. The second kappa shape index (κ2) is 6.21. The first-order chi connectivity index (χ1) is 5.54. The van der Waals surface area contributed by atoms with Crippen molar-refractivity contribution >= 4 is 35.1 Å². The number of nitrogens with two attached hydrogens (primary N) is 1. The van der Waals surface area contributed by atoms with Gasteiger partial charge in [-0.15, -0.1) is 0 Å². The molecular weight excluding hydrogens is 320 g/mol. The zero-order valence-corrected chi connectivity index (χ0v) is 10.3. The van der Waals surface area contributed by atoms with Gasteiger partial charge in [0.25, 0.3) is 0 Å². The SMILES string of the molecule is NS(=O)(=O)c1cc[c]([Sb]=[O])cc1.O.O. The summed E-state index contributed by atoms with van der Waals surface area (Å²) in [5, 5.41) is 4.85. The Labute approximate surface area is 91.7 Å². The van der Waals surface area contributed by atoms with Crippen LogP contribution in [0.15, 0.2) is 29.2 Å². The standard InChI is InChI=1S/C6H6NO2S.2H2O.O.Sb/c7-10(8,9)6-4-2-1-3-5-6;;;;/h2-5H,(H2,7,8,9);2*1H2;;. The van der Waals surface area contributed by atoms with Gasteiger partial charge in [0.2, 0.25) is 0 Å². The molecule has 0 aromatic heterocycles. The average Bonchev–Trinajstić information content (AvgIpc) is 2.03. The zero-order chi connectivity index (χ0) is 9.19. The summed E-state index contributed by atoms with van der Waals surface area (Å²) in [6, 6.07) is 5.75. The fourth-order valence-corrected chi connectivity index (χ4v) is 1.98. The second-order valence-corrected chi connectivity index (χ2v) is 5.69. The van der Waals surface area contributed by atoms with Crippen LogP contribution in [0.5, 0.6) is 0 Å². The Hall–Kier alpha value is -0.332. The molecule has 14 heavy (non-hydrogen) atoms. The molecule has 0 aliphatic rings. The van der Waals surface area contributed by atoms with Crippen molar-refractivity contribution in [1.82, 2.24) is 0 Å². The van der Waals surface area contributed by atoms with Crippen molar-refractivity contribution in [2.75, 3.05) is 0 Å². The molecule has 0 amide bonds. The van der Waals surface area contributed by atoms with Gasteiger partial charge in [0.1, 0.15) is 0 Å². The van der Waals surface area contributed by atoms with E-state index in [1.807, 2.05) is 0 Å². The summed E-state index contributed by atoms with van der Waals surface area (Å²) < 4.78 is 32.6. The molecule has 0 atom stereocenters. The van der Waals surface area contributed by atoms with Crippen LogP contribution in [0.3, 0.4) is 0 Å². The van der Waals surface area contributed by atoms with Crippen LogP contribution in [0.25, 0.3) is 0 Å². The molecule has 0 radical (unpaired) electrons. The number of rotatable bonds is 2. The molecular formula is C6H10NO5SSb. The van der Waals surface area contributed by atoms with Crippen LogP contribution in [0.1, 0.15) is 0 Å². The van der Waals surface area contributed by atoms with Gasteiger partial charge in [-0.1, -0.05) is 0 Å². The molecule has 0 heterocycles. The summed E-state index contributed by atoms with van der Waals surface area (Å²) in [6.45, 7) is 0. The molecule has 1 aromatic rings. The maximum atomic E-state index is 10.7. The molecule has 6 nitrogen and oxygen atoms in total. The molecule has 0 saturated carbocycles. The van der Waals surface area contributed by atoms with Gasteiger partial charge in [0, 0.05) is 0 Å². The summed E-state index contributed by atoms with van der Waals surface area (Å²) in [5.74, 6) is 0. The first kappa shape index (κ1) is 16.1. The maximum absolute atomic E-state index is 10.7. The van der Waals surface area contributed by atoms with Crippen LogP contribution in [-0.2, 0) is 13.0 Å². The molecule has 0 unspecified atom stereocenters. The van der Waals surface area contributed by atoms with Gasteiger partial charge < -0.3 is 11.0 Å². The van der Waals surface area contributed by atoms with E-state index >= 15 is 0 Å². The van der Waals surface area contributed by atoms with E-state index in [1.165, 1.54) is 24.3 Å². The van der Waals surface area contributed by atoms with Crippen molar-refractivity contribution < 1.29 is 22.4 Å². The van der Waals surface area contributed by atoms with E-state index < -0.39 is 31.6 Å². The topological polar surface area (TPSA) is 140 Å². The van der Waals surface area contributed by atoms with Crippen LogP contribution in [-0.4, -0.2) is 41.0 Å². The number of hydrogen-bond donors (Lipinski definition) is 1. The number of hydrogen-bond acceptors (Lipinski definition) is 3. The Balaban J connectivity index is 0. The minimum absolute atomic E-state index is 0. The van der Waals surface area contributed by atoms with Crippen molar-refractivity contribution in [3.05, 3.63) is 24.3 Å².